The third-order valence-corrected chi connectivity index (χ3v) is 1.40. The van der Waals surface area contributed by atoms with Crippen molar-refractivity contribution in [2.24, 2.45) is 0 Å². The van der Waals surface area contributed by atoms with Crippen molar-refractivity contribution in [2.75, 3.05) is 6.86 Å². The van der Waals surface area contributed by atoms with Gasteiger partial charge in [0.05, 0.1) is 5.56 Å². The Hall–Kier alpha value is -1.26. The van der Waals surface area contributed by atoms with E-state index in [1.54, 1.807) is 0 Å². The molecule has 1 rings (SSSR count). The number of benzene rings is 1. The maximum absolute atomic E-state index is 12.2. The summed E-state index contributed by atoms with van der Waals surface area (Å²) < 4.78 is 52.3. The van der Waals surface area contributed by atoms with Gasteiger partial charge in [-0.1, -0.05) is 12.1 Å². The standard InChI is InChI=1S/C8H6F4O/c9-5-13-7-4-2-1-3-6(7)8(10,11)12/h1-4H,5H2. The Bertz CT molecular complexity index is 282. The van der Waals surface area contributed by atoms with Crippen molar-refractivity contribution in [1.82, 2.24) is 0 Å². The number of ether oxygens (including phenoxy) is 1. The van der Waals surface area contributed by atoms with E-state index in [4.69, 9.17) is 0 Å². The van der Waals surface area contributed by atoms with Gasteiger partial charge in [-0.25, -0.2) is 4.39 Å². The average molecular weight is 194 g/mol. The Morgan fingerprint density at radius 2 is 1.77 bits per heavy atom. The molecule has 1 aromatic rings. The first kappa shape index (κ1) is 9.83. The summed E-state index contributed by atoms with van der Waals surface area (Å²) in [6, 6.07) is 4.47. The molecule has 0 saturated carbocycles. The minimum atomic E-state index is -4.51. The average Bonchev–Trinajstić information content (AvgIpc) is 2.04. The quantitative estimate of drug-likeness (QED) is 0.657. The van der Waals surface area contributed by atoms with Crippen molar-refractivity contribution in [2.45, 2.75) is 6.18 Å². The molecule has 0 radical (unpaired) electrons. The van der Waals surface area contributed by atoms with Crippen LogP contribution in [0.5, 0.6) is 5.75 Å². The Morgan fingerprint density at radius 3 is 2.31 bits per heavy atom. The largest absolute Gasteiger partial charge is 0.462 e. The van der Waals surface area contributed by atoms with Crippen LogP contribution >= 0.6 is 0 Å². The van der Waals surface area contributed by atoms with Crippen molar-refractivity contribution in [3.8, 4) is 5.75 Å². The van der Waals surface area contributed by atoms with Crippen LogP contribution in [0, 0.1) is 0 Å². The second-order valence-corrected chi connectivity index (χ2v) is 2.25. The molecule has 0 aromatic heterocycles. The molecule has 0 unspecified atom stereocenters. The molecule has 0 aliphatic rings. The van der Waals surface area contributed by atoms with Crippen LogP contribution in [-0.4, -0.2) is 6.86 Å². The Balaban J connectivity index is 3.05. The van der Waals surface area contributed by atoms with Crippen LogP contribution in [0.3, 0.4) is 0 Å². The summed E-state index contributed by atoms with van der Waals surface area (Å²) in [6.07, 6.45) is -4.51. The lowest BCUT2D eigenvalue weighted by Gasteiger charge is -2.11. The zero-order chi connectivity index (χ0) is 9.90. The van der Waals surface area contributed by atoms with Gasteiger partial charge < -0.3 is 4.74 Å². The highest BCUT2D eigenvalue weighted by Crippen LogP contribution is 2.35. The molecule has 5 heteroatoms. The molecule has 1 aromatic carbocycles. The smallest absolute Gasteiger partial charge is 0.419 e. The first-order chi connectivity index (χ1) is 6.05. The molecular weight excluding hydrogens is 188 g/mol. The first-order valence-corrected chi connectivity index (χ1v) is 3.40. The molecule has 0 atom stereocenters. The van der Waals surface area contributed by atoms with Crippen molar-refractivity contribution < 1.29 is 22.3 Å². The Kier molecular flexibility index (Phi) is 2.75. The third-order valence-electron chi connectivity index (χ3n) is 1.40. The number of rotatable bonds is 2. The third kappa shape index (κ3) is 2.34. The molecule has 0 spiro atoms. The van der Waals surface area contributed by atoms with Gasteiger partial charge in [0.15, 0.2) is 0 Å². The molecule has 72 valence electrons. The molecule has 13 heavy (non-hydrogen) atoms. The van der Waals surface area contributed by atoms with Gasteiger partial charge in [-0.3, -0.25) is 0 Å². The lowest BCUT2D eigenvalue weighted by atomic mass is 10.2. The van der Waals surface area contributed by atoms with Crippen LogP contribution in [0.15, 0.2) is 24.3 Å². The van der Waals surface area contributed by atoms with Crippen molar-refractivity contribution in [3.05, 3.63) is 29.8 Å². The van der Waals surface area contributed by atoms with E-state index in [0.29, 0.717) is 0 Å². The molecule has 0 aliphatic heterocycles. The van der Waals surface area contributed by atoms with E-state index in [9.17, 15) is 17.6 Å². The number of para-hydroxylation sites is 1. The van der Waals surface area contributed by atoms with Crippen molar-refractivity contribution in [1.29, 1.82) is 0 Å². The van der Waals surface area contributed by atoms with Crippen LogP contribution in [0.1, 0.15) is 5.56 Å². The fraction of sp³-hybridized carbons (Fsp3) is 0.250. The molecule has 0 saturated heterocycles. The monoisotopic (exact) mass is 194 g/mol. The van der Waals surface area contributed by atoms with E-state index in [1.165, 1.54) is 12.1 Å². The summed E-state index contributed by atoms with van der Waals surface area (Å²) in [5.41, 5.74) is -0.965. The van der Waals surface area contributed by atoms with Crippen LogP contribution in [0.4, 0.5) is 17.6 Å². The number of hydrogen-bond donors (Lipinski definition) is 0. The number of alkyl halides is 4. The first-order valence-electron chi connectivity index (χ1n) is 3.40. The van der Waals surface area contributed by atoms with E-state index < -0.39 is 24.3 Å². The molecule has 0 amide bonds. The molecular formula is C8H6F4O. The predicted octanol–water partition coefficient (Wildman–Crippen LogP) is 3.01. The Morgan fingerprint density at radius 1 is 1.15 bits per heavy atom. The summed E-state index contributed by atoms with van der Waals surface area (Å²) in [4.78, 5) is 0. The summed E-state index contributed by atoms with van der Waals surface area (Å²) >= 11 is 0. The molecule has 0 N–H and O–H groups in total. The second kappa shape index (κ2) is 3.64. The molecule has 0 heterocycles. The van der Waals surface area contributed by atoms with Gasteiger partial charge in [-0.15, -0.1) is 0 Å². The zero-order valence-corrected chi connectivity index (χ0v) is 6.44. The van der Waals surface area contributed by atoms with Gasteiger partial charge in [-0.2, -0.15) is 13.2 Å². The normalized spacial score (nSPS) is 11.4. The number of halogens is 4. The SMILES string of the molecule is FCOc1ccccc1C(F)(F)F. The summed E-state index contributed by atoms with van der Waals surface area (Å²) in [7, 11) is 0. The van der Waals surface area contributed by atoms with Gasteiger partial charge >= 0.3 is 6.18 Å². The fourth-order valence-electron chi connectivity index (χ4n) is 0.885. The maximum Gasteiger partial charge on any atom is 0.419 e. The van der Waals surface area contributed by atoms with Crippen LogP contribution in [0.2, 0.25) is 0 Å². The number of hydrogen-bond acceptors (Lipinski definition) is 1. The summed E-state index contributed by atoms with van der Waals surface area (Å²) in [5.74, 6) is -0.488. The highest BCUT2D eigenvalue weighted by Gasteiger charge is 2.33. The highest BCUT2D eigenvalue weighted by molar-refractivity contribution is 5.35. The van der Waals surface area contributed by atoms with Crippen LogP contribution in [0.25, 0.3) is 0 Å². The van der Waals surface area contributed by atoms with E-state index in [0.717, 1.165) is 12.1 Å². The lowest BCUT2D eigenvalue weighted by Crippen LogP contribution is -2.07. The fourth-order valence-corrected chi connectivity index (χ4v) is 0.885. The van der Waals surface area contributed by atoms with E-state index >= 15 is 0 Å². The van der Waals surface area contributed by atoms with Gasteiger partial charge in [0.25, 0.3) is 0 Å². The highest BCUT2D eigenvalue weighted by atomic mass is 19.4. The van der Waals surface area contributed by atoms with E-state index in [1.807, 2.05) is 0 Å². The molecule has 0 aliphatic carbocycles. The predicted molar refractivity (Wildman–Crippen MR) is 38.0 cm³/mol. The van der Waals surface area contributed by atoms with Gasteiger partial charge in [-0.05, 0) is 12.1 Å². The van der Waals surface area contributed by atoms with Crippen LogP contribution in [-0.2, 0) is 6.18 Å². The minimum absolute atomic E-state index is 0.488. The van der Waals surface area contributed by atoms with Gasteiger partial charge in [0, 0.05) is 0 Å². The maximum atomic E-state index is 12.2. The minimum Gasteiger partial charge on any atom is -0.462 e. The van der Waals surface area contributed by atoms with Gasteiger partial charge in [0.2, 0.25) is 6.86 Å². The van der Waals surface area contributed by atoms with Crippen molar-refractivity contribution >= 4 is 0 Å². The van der Waals surface area contributed by atoms with E-state index in [-0.39, 0.29) is 0 Å². The topological polar surface area (TPSA) is 9.23 Å². The lowest BCUT2D eigenvalue weighted by molar-refractivity contribution is -0.139. The second-order valence-electron chi connectivity index (χ2n) is 2.25. The Labute approximate surface area is 71.9 Å². The van der Waals surface area contributed by atoms with E-state index in [2.05, 4.69) is 4.74 Å². The van der Waals surface area contributed by atoms with Crippen molar-refractivity contribution in [3.63, 3.8) is 0 Å². The zero-order valence-electron chi connectivity index (χ0n) is 6.44. The molecule has 1 nitrogen and oxygen atoms in total. The summed E-state index contributed by atoms with van der Waals surface area (Å²) in [5, 5.41) is 0. The van der Waals surface area contributed by atoms with Crippen LogP contribution < -0.4 is 4.74 Å². The van der Waals surface area contributed by atoms with Gasteiger partial charge in [0.1, 0.15) is 5.75 Å². The molecule has 0 fully saturated rings. The summed E-state index contributed by atoms with van der Waals surface area (Å²) in [6.45, 7) is -1.27. The molecule has 0 bridgehead atoms.